The molecule has 2 aromatic heterocycles. The summed E-state index contributed by atoms with van der Waals surface area (Å²) < 4.78 is 15.8. The Labute approximate surface area is 167 Å². The quantitative estimate of drug-likeness (QED) is 0.636. The average Bonchev–Trinajstić information content (AvgIpc) is 3.50. The zero-order chi connectivity index (χ0) is 20.5. The van der Waals surface area contributed by atoms with Crippen LogP contribution >= 0.6 is 0 Å². The van der Waals surface area contributed by atoms with Crippen LogP contribution in [0.15, 0.2) is 34.9 Å². The molecule has 2 heterocycles. The number of aryl methyl sites for hydroxylation is 1. The summed E-state index contributed by atoms with van der Waals surface area (Å²) in [5.74, 6) is -0.118. The Morgan fingerprint density at radius 3 is 2.79 bits per heavy atom. The second-order valence-electron chi connectivity index (χ2n) is 7.09. The fourth-order valence-electron chi connectivity index (χ4n) is 3.09. The summed E-state index contributed by atoms with van der Waals surface area (Å²) in [5, 5.41) is 7.14. The van der Waals surface area contributed by atoms with Gasteiger partial charge in [-0.3, -0.25) is 4.79 Å². The maximum Gasteiger partial charge on any atom is 0.339 e. The average molecular weight is 395 g/mol. The van der Waals surface area contributed by atoms with Crippen molar-refractivity contribution in [3.8, 4) is 5.75 Å². The van der Waals surface area contributed by atoms with Crippen molar-refractivity contribution in [3.63, 3.8) is 0 Å². The van der Waals surface area contributed by atoms with Crippen LogP contribution in [0.1, 0.15) is 47.4 Å². The third-order valence-electron chi connectivity index (χ3n) is 4.84. The van der Waals surface area contributed by atoms with Crippen molar-refractivity contribution >= 4 is 28.7 Å². The lowest BCUT2D eigenvalue weighted by Crippen LogP contribution is -2.30. The van der Waals surface area contributed by atoms with Gasteiger partial charge in [0.15, 0.2) is 6.10 Å². The standard InChI is InChI=1S/C21H21N3O5/c1-11-18-16(10-17(13-7-8-13)23-20(18)29-24-11)21(26)28-12(2)19(25)22-14-5-4-6-15(9-14)27-3/h4-6,9-10,12-13H,7-8H2,1-3H3,(H,22,25)/t12-/m1/s1. The minimum absolute atomic E-state index is 0.312. The molecule has 29 heavy (non-hydrogen) atoms. The number of nitrogens with one attached hydrogen (secondary N) is 1. The summed E-state index contributed by atoms with van der Waals surface area (Å²) in [6, 6.07) is 8.66. The maximum atomic E-state index is 12.9. The molecule has 1 aromatic carbocycles. The van der Waals surface area contributed by atoms with Gasteiger partial charge in [-0.1, -0.05) is 11.2 Å². The first-order chi connectivity index (χ1) is 14.0. The van der Waals surface area contributed by atoms with Crippen LogP contribution in [0.4, 0.5) is 5.69 Å². The van der Waals surface area contributed by atoms with Crippen LogP contribution in [0.25, 0.3) is 11.1 Å². The first kappa shape index (κ1) is 18.9. The smallest absolute Gasteiger partial charge is 0.339 e. The van der Waals surface area contributed by atoms with Gasteiger partial charge in [0.2, 0.25) is 0 Å². The predicted octanol–water partition coefficient (Wildman–Crippen LogP) is 3.60. The molecule has 1 saturated carbocycles. The van der Waals surface area contributed by atoms with E-state index < -0.39 is 18.0 Å². The first-order valence-corrected chi connectivity index (χ1v) is 9.39. The summed E-state index contributed by atoms with van der Waals surface area (Å²) in [7, 11) is 1.55. The van der Waals surface area contributed by atoms with Crippen molar-refractivity contribution < 1.29 is 23.6 Å². The molecular weight excluding hydrogens is 374 g/mol. The lowest BCUT2D eigenvalue weighted by molar-refractivity contribution is -0.123. The molecule has 150 valence electrons. The molecule has 3 aromatic rings. The maximum absolute atomic E-state index is 12.9. The summed E-state index contributed by atoms with van der Waals surface area (Å²) in [5.41, 5.74) is 2.52. The molecule has 0 saturated heterocycles. The van der Waals surface area contributed by atoms with E-state index in [4.69, 9.17) is 14.0 Å². The van der Waals surface area contributed by atoms with Crippen LogP contribution in [0.5, 0.6) is 5.75 Å². The van der Waals surface area contributed by atoms with Crippen LogP contribution < -0.4 is 10.1 Å². The number of carbonyl (C=O) groups is 2. The molecule has 1 fully saturated rings. The third-order valence-corrected chi connectivity index (χ3v) is 4.84. The van der Waals surface area contributed by atoms with Crippen molar-refractivity contribution in [2.24, 2.45) is 0 Å². The van der Waals surface area contributed by atoms with E-state index in [1.807, 2.05) is 0 Å². The zero-order valence-electron chi connectivity index (χ0n) is 16.4. The van der Waals surface area contributed by atoms with Crippen molar-refractivity contribution in [2.75, 3.05) is 12.4 Å². The van der Waals surface area contributed by atoms with Crippen LogP contribution in [-0.4, -0.2) is 35.2 Å². The van der Waals surface area contributed by atoms with Crippen molar-refractivity contribution in [1.29, 1.82) is 0 Å². The molecule has 8 heteroatoms. The Kier molecular flexibility index (Phi) is 4.92. The number of ether oxygens (including phenoxy) is 2. The van der Waals surface area contributed by atoms with Gasteiger partial charge >= 0.3 is 5.97 Å². The van der Waals surface area contributed by atoms with Gasteiger partial charge in [0.1, 0.15) is 5.75 Å². The van der Waals surface area contributed by atoms with E-state index in [0.29, 0.717) is 39.7 Å². The monoisotopic (exact) mass is 395 g/mol. The van der Waals surface area contributed by atoms with Gasteiger partial charge < -0.3 is 19.3 Å². The molecule has 8 nitrogen and oxygen atoms in total. The van der Waals surface area contributed by atoms with Crippen LogP contribution in [-0.2, 0) is 9.53 Å². The minimum atomic E-state index is -0.999. The number of fused-ring (bicyclic) bond motifs is 1. The Balaban J connectivity index is 1.52. The topological polar surface area (TPSA) is 104 Å². The van der Waals surface area contributed by atoms with Gasteiger partial charge in [0.05, 0.1) is 23.8 Å². The normalized spacial score (nSPS) is 14.4. The van der Waals surface area contributed by atoms with Crippen molar-refractivity contribution in [1.82, 2.24) is 10.1 Å². The van der Waals surface area contributed by atoms with E-state index in [1.54, 1.807) is 44.4 Å². The summed E-state index contributed by atoms with van der Waals surface area (Å²) in [6.07, 6.45) is 1.06. The van der Waals surface area contributed by atoms with Gasteiger partial charge in [0, 0.05) is 23.4 Å². The number of benzene rings is 1. The number of pyridine rings is 1. The molecular formula is C21H21N3O5. The van der Waals surface area contributed by atoms with Crippen LogP contribution in [0.2, 0.25) is 0 Å². The SMILES string of the molecule is COc1cccc(NC(=O)[C@@H](C)OC(=O)c2cc(C3CC3)nc3onc(C)c23)c1. The van der Waals surface area contributed by atoms with E-state index in [0.717, 1.165) is 18.5 Å². The number of esters is 1. The molecule has 1 amide bonds. The Morgan fingerprint density at radius 1 is 1.28 bits per heavy atom. The molecule has 0 radical (unpaired) electrons. The highest BCUT2D eigenvalue weighted by molar-refractivity contribution is 6.04. The third kappa shape index (κ3) is 3.91. The number of methoxy groups -OCH3 is 1. The van der Waals surface area contributed by atoms with Crippen LogP contribution in [0.3, 0.4) is 0 Å². The fraction of sp³-hybridized carbons (Fsp3) is 0.333. The lowest BCUT2D eigenvalue weighted by Gasteiger charge is -2.14. The number of carbonyl (C=O) groups excluding carboxylic acids is 2. The van der Waals surface area contributed by atoms with Gasteiger partial charge in [-0.25, -0.2) is 9.78 Å². The van der Waals surface area contributed by atoms with Gasteiger partial charge in [-0.05, 0) is 44.9 Å². The van der Waals surface area contributed by atoms with Gasteiger partial charge in [-0.15, -0.1) is 0 Å². The Hall–Kier alpha value is -3.42. The van der Waals surface area contributed by atoms with Gasteiger partial charge in [0.25, 0.3) is 11.6 Å². The molecule has 0 bridgehead atoms. The number of rotatable bonds is 6. The van der Waals surface area contributed by atoms with E-state index in [1.165, 1.54) is 6.92 Å². The second-order valence-corrected chi connectivity index (χ2v) is 7.09. The lowest BCUT2D eigenvalue weighted by atomic mass is 10.1. The first-order valence-electron chi connectivity index (χ1n) is 9.39. The zero-order valence-corrected chi connectivity index (χ0v) is 16.4. The highest BCUT2D eigenvalue weighted by Gasteiger charge is 2.30. The molecule has 1 atom stereocenters. The fourth-order valence-corrected chi connectivity index (χ4v) is 3.09. The number of hydrogen-bond acceptors (Lipinski definition) is 7. The predicted molar refractivity (Wildman–Crippen MR) is 105 cm³/mol. The molecule has 1 aliphatic rings. The molecule has 0 aliphatic heterocycles. The van der Waals surface area contributed by atoms with Gasteiger partial charge in [-0.2, -0.15) is 0 Å². The number of aromatic nitrogens is 2. The molecule has 1 N–H and O–H groups in total. The minimum Gasteiger partial charge on any atom is -0.497 e. The largest absolute Gasteiger partial charge is 0.497 e. The van der Waals surface area contributed by atoms with Crippen molar-refractivity contribution in [2.45, 2.75) is 38.7 Å². The molecule has 4 rings (SSSR count). The molecule has 0 unspecified atom stereocenters. The molecule has 0 spiro atoms. The molecule has 1 aliphatic carbocycles. The number of hydrogen-bond donors (Lipinski definition) is 1. The summed E-state index contributed by atoms with van der Waals surface area (Å²) >= 11 is 0. The second kappa shape index (κ2) is 7.54. The Bertz CT molecular complexity index is 1090. The highest BCUT2D eigenvalue weighted by atomic mass is 16.5. The number of amides is 1. The Morgan fingerprint density at radius 2 is 2.07 bits per heavy atom. The van der Waals surface area contributed by atoms with Crippen LogP contribution in [0, 0.1) is 6.92 Å². The summed E-state index contributed by atoms with van der Waals surface area (Å²) in [4.78, 5) is 29.8. The number of anilines is 1. The summed E-state index contributed by atoms with van der Waals surface area (Å²) in [6.45, 7) is 3.26. The van der Waals surface area contributed by atoms with E-state index >= 15 is 0 Å². The van der Waals surface area contributed by atoms with Crippen molar-refractivity contribution in [3.05, 3.63) is 47.3 Å². The number of nitrogens with zero attached hydrogens (tertiary/aromatic N) is 2. The van der Waals surface area contributed by atoms with E-state index in [9.17, 15) is 9.59 Å². The highest BCUT2D eigenvalue weighted by Crippen LogP contribution is 2.40. The van der Waals surface area contributed by atoms with E-state index in [2.05, 4.69) is 15.5 Å². The van der Waals surface area contributed by atoms with E-state index in [-0.39, 0.29) is 0 Å².